The highest BCUT2D eigenvalue weighted by Crippen LogP contribution is 2.33. The van der Waals surface area contributed by atoms with E-state index in [-0.39, 0.29) is 12.5 Å². The summed E-state index contributed by atoms with van der Waals surface area (Å²) in [5, 5.41) is 7.06. The number of anilines is 1. The molecule has 1 aliphatic heterocycles. The van der Waals surface area contributed by atoms with Crippen LogP contribution in [0.15, 0.2) is 22.8 Å². The van der Waals surface area contributed by atoms with Gasteiger partial charge in [-0.15, -0.1) is 11.3 Å². The smallest absolute Gasteiger partial charge is 0.239 e. The Morgan fingerprint density at radius 2 is 2.10 bits per heavy atom. The first-order chi connectivity index (χ1) is 14.1. The van der Waals surface area contributed by atoms with Crippen LogP contribution in [0.4, 0.5) is 5.82 Å². The molecule has 0 spiro atoms. The zero-order valence-corrected chi connectivity index (χ0v) is 17.5. The van der Waals surface area contributed by atoms with E-state index in [1.165, 1.54) is 4.88 Å². The Bertz CT molecular complexity index is 980. The number of amides is 1. The van der Waals surface area contributed by atoms with Gasteiger partial charge < -0.3 is 19.8 Å². The number of carbonyl (C=O) groups excluding carboxylic acids is 1. The first-order valence-corrected chi connectivity index (χ1v) is 10.5. The fourth-order valence-corrected chi connectivity index (χ4v) is 4.33. The third-order valence-corrected chi connectivity index (χ3v) is 6.10. The second kappa shape index (κ2) is 8.89. The van der Waals surface area contributed by atoms with Gasteiger partial charge in [0, 0.05) is 18.0 Å². The summed E-state index contributed by atoms with van der Waals surface area (Å²) in [6, 6.07) is 3.63. The molecule has 3 aromatic heterocycles. The van der Waals surface area contributed by atoms with Crippen molar-refractivity contribution in [1.82, 2.24) is 20.2 Å². The normalized spacial score (nSPS) is 15.0. The van der Waals surface area contributed by atoms with Crippen LogP contribution in [0.1, 0.15) is 22.0 Å². The number of rotatable bonds is 7. The number of aryl methyl sites for hydroxylation is 2. The summed E-state index contributed by atoms with van der Waals surface area (Å²) in [5.41, 5.74) is 1.15. The topological polar surface area (TPSA) is 92.5 Å². The Morgan fingerprint density at radius 3 is 2.86 bits per heavy atom. The lowest BCUT2D eigenvalue weighted by molar-refractivity contribution is -0.119. The molecule has 2 N–H and O–H groups in total. The predicted molar refractivity (Wildman–Crippen MR) is 112 cm³/mol. The molecule has 0 atom stereocenters. The van der Waals surface area contributed by atoms with Crippen molar-refractivity contribution >= 4 is 33.3 Å². The standard InChI is InChI=1S/C20H25N5O3S/c1-13-14(2)29-20-18(13)19(22-11-17(26)21-10-15-4-3-7-28-15)23-16(24-20)12-25-5-8-27-9-6-25/h3-4,7H,5-6,8-12H2,1-2H3,(H,21,26)(H,22,23,24). The fourth-order valence-electron chi connectivity index (χ4n) is 3.28. The summed E-state index contributed by atoms with van der Waals surface area (Å²) in [6.07, 6.45) is 1.59. The molecule has 4 rings (SSSR count). The van der Waals surface area contributed by atoms with Crippen LogP contribution in [0.25, 0.3) is 10.2 Å². The maximum absolute atomic E-state index is 12.3. The molecule has 1 fully saturated rings. The van der Waals surface area contributed by atoms with Gasteiger partial charge >= 0.3 is 0 Å². The second-order valence-electron chi connectivity index (χ2n) is 7.05. The molecule has 1 aliphatic rings. The van der Waals surface area contributed by atoms with Gasteiger partial charge in [-0.05, 0) is 31.5 Å². The number of carbonyl (C=O) groups is 1. The monoisotopic (exact) mass is 415 g/mol. The molecular weight excluding hydrogens is 390 g/mol. The van der Waals surface area contributed by atoms with Crippen LogP contribution in [0, 0.1) is 13.8 Å². The molecule has 0 bridgehead atoms. The van der Waals surface area contributed by atoms with Gasteiger partial charge in [-0.25, -0.2) is 9.97 Å². The van der Waals surface area contributed by atoms with E-state index < -0.39 is 0 Å². The minimum Gasteiger partial charge on any atom is -0.467 e. The molecule has 9 heteroatoms. The highest BCUT2D eigenvalue weighted by atomic mass is 32.1. The number of morpholine rings is 1. The first-order valence-electron chi connectivity index (χ1n) is 9.70. The average Bonchev–Trinajstić information content (AvgIpc) is 3.33. The minimum absolute atomic E-state index is 0.118. The van der Waals surface area contributed by atoms with Crippen LogP contribution in [0.2, 0.25) is 0 Å². The van der Waals surface area contributed by atoms with E-state index in [4.69, 9.17) is 19.1 Å². The first kappa shape index (κ1) is 19.8. The Kier molecular flexibility index (Phi) is 6.08. The summed E-state index contributed by atoms with van der Waals surface area (Å²) in [7, 11) is 0. The number of hydrogen-bond donors (Lipinski definition) is 2. The van der Waals surface area contributed by atoms with Crippen LogP contribution < -0.4 is 10.6 Å². The number of fused-ring (bicyclic) bond motifs is 1. The Labute approximate surface area is 173 Å². The number of furan rings is 1. The summed E-state index contributed by atoms with van der Waals surface area (Å²) in [4.78, 5) is 26.3. The van der Waals surface area contributed by atoms with Crippen molar-refractivity contribution < 1.29 is 13.9 Å². The van der Waals surface area contributed by atoms with Crippen molar-refractivity contribution in [1.29, 1.82) is 0 Å². The molecule has 0 saturated carbocycles. The number of aromatic nitrogens is 2. The largest absolute Gasteiger partial charge is 0.467 e. The zero-order valence-electron chi connectivity index (χ0n) is 16.7. The molecule has 0 radical (unpaired) electrons. The van der Waals surface area contributed by atoms with Crippen LogP contribution in [-0.4, -0.2) is 53.6 Å². The van der Waals surface area contributed by atoms with Gasteiger partial charge in [0.25, 0.3) is 0 Å². The Morgan fingerprint density at radius 1 is 1.28 bits per heavy atom. The van der Waals surface area contributed by atoms with Gasteiger partial charge in [0.15, 0.2) is 0 Å². The maximum Gasteiger partial charge on any atom is 0.239 e. The SMILES string of the molecule is Cc1sc2nc(CN3CCOCC3)nc(NCC(=O)NCc3ccco3)c2c1C. The molecule has 1 saturated heterocycles. The molecule has 1 amide bonds. The summed E-state index contributed by atoms with van der Waals surface area (Å²) < 4.78 is 10.7. The van der Waals surface area contributed by atoms with Crippen molar-refractivity contribution in [2.45, 2.75) is 26.9 Å². The molecule has 29 heavy (non-hydrogen) atoms. The summed E-state index contributed by atoms with van der Waals surface area (Å²) in [5.74, 6) is 2.08. The number of hydrogen-bond acceptors (Lipinski definition) is 8. The van der Waals surface area contributed by atoms with Crippen molar-refractivity contribution in [2.75, 3.05) is 38.2 Å². The Hall–Kier alpha value is -2.49. The summed E-state index contributed by atoms with van der Waals surface area (Å²) in [6.45, 7) is 8.56. The quantitative estimate of drug-likeness (QED) is 0.612. The third kappa shape index (κ3) is 4.75. The lowest BCUT2D eigenvalue weighted by Gasteiger charge is -2.25. The maximum atomic E-state index is 12.3. The molecule has 0 aliphatic carbocycles. The van der Waals surface area contributed by atoms with E-state index in [1.807, 2.05) is 6.07 Å². The molecule has 4 heterocycles. The van der Waals surface area contributed by atoms with E-state index in [9.17, 15) is 4.79 Å². The lowest BCUT2D eigenvalue weighted by Crippen LogP contribution is -2.36. The van der Waals surface area contributed by atoms with Gasteiger partial charge in [0.2, 0.25) is 5.91 Å². The highest BCUT2D eigenvalue weighted by Gasteiger charge is 2.18. The number of ether oxygens (including phenoxy) is 1. The van der Waals surface area contributed by atoms with Crippen molar-refractivity contribution in [3.63, 3.8) is 0 Å². The third-order valence-electron chi connectivity index (χ3n) is 5.00. The van der Waals surface area contributed by atoms with Crippen LogP contribution in [-0.2, 0) is 22.6 Å². The van der Waals surface area contributed by atoms with Gasteiger partial charge in [-0.3, -0.25) is 9.69 Å². The van der Waals surface area contributed by atoms with Gasteiger partial charge in [-0.1, -0.05) is 0 Å². The Balaban J connectivity index is 1.49. The van der Waals surface area contributed by atoms with Crippen LogP contribution >= 0.6 is 11.3 Å². The second-order valence-corrected chi connectivity index (χ2v) is 8.25. The van der Waals surface area contributed by atoms with Crippen molar-refractivity contribution in [3.8, 4) is 0 Å². The zero-order chi connectivity index (χ0) is 20.2. The highest BCUT2D eigenvalue weighted by molar-refractivity contribution is 7.18. The van der Waals surface area contributed by atoms with Crippen LogP contribution in [0.3, 0.4) is 0 Å². The molecule has 8 nitrogen and oxygen atoms in total. The molecular formula is C20H25N5O3S. The van der Waals surface area contributed by atoms with Crippen molar-refractivity contribution in [3.05, 3.63) is 40.4 Å². The van der Waals surface area contributed by atoms with Gasteiger partial charge in [0.1, 0.15) is 22.2 Å². The number of thiophene rings is 1. The van der Waals surface area contributed by atoms with E-state index in [2.05, 4.69) is 29.4 Å². The van der Waals surface area contributed by atoms with E-state index in [0.29, 0.717) is 18.9 Å². The van der Waals surface area contributed by atoms with Crippen molar-refractivity contribution in [2.24, 2.45) is 0 Å². The molecule has 154 valence electrons. The van der Waals surface area contributed by atoms with Crippen LogP contribution in [0.5, 0.6) is 0 Å². The summed E-state index contributed by atoms with van der Waals surface area (Å²) >= 11 is 1.66. The molecule has 0 aromatic carbocycles. The predicted octanol–water partition coefficient (Wildman–Crippen LogP) is 2.46. The lowest BCUT2D eigenvalue weighted by atomic mass is 10.2. The molecule has 3 aromatic rings. The van der Waals surface area contributed by atoms with E-state index in [1.54, 1.807) is 23.7 Å². The number of nitrogens with one attached hydrogen (secondary N) is 2. The van der Waals surface area contributed by atoms with Gasteiger partial charge in [0.05, 0.1) is 44.5 Å². The van der Waals surface area contributed by atoms with E-state index in [0.717, 1.165) is 53.7 Å². The van der Waals surface area contributed by atoms with E-state index >= 15 is 0 Å². The fraction of sp³-hybridized carbons (Fsp3) is 0.450. The molecule has 0 unspecified atom stereocenters. The number of nitrogens with zero attached hydrogens (tertiary/aromatic N) is 3. The van der Waals surface area contributed by atoms with Gasteiger partial charge in [-0.2, -0.15) is 0 Å². The average molecular weight is 416 g/mol. The minimum atomic E-state index is -0.118.